The van der Waals surface area contributed by atoms with Gasteiger partial charge in [-0.1, -0.05) is 13.8 Å². The Kier molecular flexibility index (Phi) is 7.06. The number of benzene rings is 2. The number of sulfonamides is 1. The minimum absolute atomic E-state index is 0.206. The summed E-state index contributed by atoms with van der Waals surface area (Å²) >= 11 is 1.39. The summed E-state index contributed by atoms with van der Waals surface area (Å²) in [5.41, 5.74) is 2.11. The minimum atomic E-state index is -3.58. The smallest absolute Gasteiger partial charge is 0.257 e. The third-order valence-electron chi connectivity index (χ3n) is 5.97. The molecule has 0 aliphatic carbocycles. The molecule has 2 aromatic carbocycles. The van der Waals surface area contributed by atoms with Crippen LogP contribution in [0.15, 0.2) is 53.4 Å². The lowest BCUT2D eigenvalue weighted by atomic mass is 9.94. The van der Waals surface area contributed by atoms with Gasteiger partial charge in [-0.2, -0.15) is 4.31 Å². The van der Waals surface area contributed by atoms with Gasteiger partial charge in [0.2, 0.25) is 10.0 Å². The van der Waals surface area contributed by atoms with E-state index in [9.17, 15) is 13.2 Å². The Bertz CT molecular complexity index is 1260. The number of rotatable bonds is 6. The van der Waals surface area contributed by atoms with Gasteiger partial charge in [0, 0.05) is 29.1 Å². The molecule has 180 valence electrons. The third kappa shape index (κ3) is 5.16. The van der Waals surface area contributed by atoms with Crippen molar-refractivity contribution in [2.45, 2.75) is 32.1 Å². The molecule has 1 aromatic heterocycles. The van der Waals surface area contributed by atoms with E-state index in [4.69, 9.17) is 4.74 Å². The molecule has 34 heavy (non-hydrogen) atoms. The van der Waals surface area contributed by atoms with Crippen LogP contribution in [0.3, 0.4) is 0 Å². The van der Waals surface area contributed by atoms with Gasteiger partial charge < -0.3 is 4.74 Å². The summed E-state index contributed by atoms with van der Waals surface area (Å²) in [7, 11) is -1.97. The minimum Gasteiger partial charge on any atom is -0.497 e. The van der Waals surface area contributed by atoms with Crippen molar-refractivity contribution in [2.24, 2.45) is 11.8 Å². The average Bonchev–Trinajstić information content (AvgIpc) is 3.18. The first-order valence-electron chi connectivity index (χ1n) is 11.2. The van der Waals surface area contributed by atoms with E-state index in [-0.39, 0.29) is 10.8 Å². The van der Waals surface area contributed by atoms with E-state index in [1.54, 1.807) is 23.5 Å². The Hall–Kier alpha value is -2.75. The van der Waals surface area contributed by atoms with Crippen LogP contribution in [0.1, 0.15) is 35.5 Å². The summed E-state index contributed by atoms with van der Waals surface area (Å²) in [4.78, 5) is 18.5. The molecule has 1 aliphatic rings. The number of amides is 1. The highest BCUT2D eigenvalue weighted by molar-refractivity contribution is 7.89. The number of anilines is 1. The molecule has 7 nitrogen and oxygen atoms in total. The Morgan fingerprint density at radius 3 is 2.26 bits per heavy atom. The summed E-state index contributed by atoms with van der Waals surface area (Å²) in [6.45, 7) is 7.15. The number of thiazole rings is 1. The molecule has 1 aliphatic heterocycles. The predicted molar refractivity (Wildman–Crippen MR) is 135 cm³/mol. The number of carbonyl (C=O) groups is 1. The van der Waals surface area contributed by atoms with Crippen LogP contribution in [-0.2, 0) is 10.0 Å². The SMILES string of the molecule is COc1ccc(-c2nc(NC(=O)c3ccc(S(=O)(=O)N4CC(C)CC(C)C4)cc3)sc2C)cc1. The Morgan fingerprint density at radius 1 is 1.06 bits per heavy atom. The lowest BCUT2D eigenvalue weighted by molar-refractivity contribution is 0.102. The zero-order chi connectivity index (χ0) is 24.5. The van der Waals surface area contributed by atoms with Crippen molar-refractivity contribution in [1.82, 2.24) is 9.29 Å². The number of nitrogens with one attached hydrogen (secondary N) is 1. The normalized spacial score (nSPS) is 19.1. The Balaban J connectivity index is 1.47. The quantitative estimate of drug-likeness (QED) is 0.513. The fraction of sp³-hybridized carbons (Fsp3) is 0.360. The van der Waals surface area contributed by atoms with Gasteiger partial charge >= 0.3 is 0 Å². The molecule has 9 heteroatoms. The standard InChI is InChI=1S/C25H29N3O4S2/c1-16-13-17(2)15-28(14-16)34(30,31)22-11-7-20(8-12-22)24(29)27-25-26-23(18(3)33-25)19-5-9-21(32-4)10-6-19/h5-12,16-17H,13-15H2,1-4H3,(H,26,27,29). The topological polar surface area (TPSA) is 88.6 Å². The van der Waals surface area contributed by atoms with Gasteiger partial charge in [0.25, 0.3) is 5.91 Å². The molecule has 4 rings (SSSR count). The van der Waals surface area contributed by atoms with Crippen LogP contribution < -0.4 is 10.1 Å². The van der Waals surface area contributed by atoms with Crippen LogP contribution in [0, 0.1) is 18.8 Å². The largest absolute Gasteiger partial charge is 0.497 e. The summed E-state index contributed by atoms with van der Waals surface area (Å²) in [5, 5.41) is 3.32. The van der Waals surface area contributed by atoms with E-state index in [0.29, 0.717) is 35.6 Å². The maximum atomic E-state index is 13.1. The van der Waals surface area contributed by atoms with E-state index in [1.165, 1.54) is 23.5 Å². The van der Waals surface area contributed by atoms with Crippen molar-refractivity contribution >= 4 is 32.4 Å². The third-order valence-corrected chi connectivity index (χ3v) is 8.70. The van der Waals surface area contributed by atoms with Crippen molar-refractivity contribution in [1.29, 1.82) is 0 Å². The van der Waals surface area contributed by atoms with E-state index in [2.05, 4.69) is 24.1 Å². The summed E-state index contributed by atoms with van der Waals surface area (Å²) in [5.74, 6) is 1.08. The van der Waals surface area contributed by atoms with Gasteiger partial charge in [0.05, 0.1) is 17.7 Å². The lowest BCUT2D eigenvalue weighted by Crippen LogP contribution is -2.42. The first-order chi connectivity index (χ1) is 16.2. The van der Waals surface area contributed by atoms with Crippen molar-refractivity contribution in [3.8, 4) is 17.0 Å². The highest BCUT2D eigenvalue weighted by Gasteiger charge is 2.31. The van der Waals surface area contributed by atoms with Gasteiger partial charge in [-0.25, -0.2) is 13.4 Å². The lowest BCUT2D eigenvalue weighted by Gasteiger charge is -2.34. The van der Waals surface area contributed by atoms with Gasteiger partial charge in [0.15, 0.2) is 5.13 Å². The second-order valence-electron chi connectivity index (χ2n) is 8.90. The van der Waals surface area contributed by atoms with Crippen molar-refractivity contribution in [3.05, 3.63) is 59.0 Å². The molecule has 1 fully saturated rings. The average molecular weight is 500 g/mol. The molecule has 1 saturated heterocycles. The zero-order valence-corrected chi connectivity index (χ0v) is 21.4. The highest BCUT2D eigenvalue weighted by atomic mass is 32.2. The van der Waals surface area contributed by atoms with Crippen LogP contribution >= 0.6 is 11.3 Å². The predicted octanol–water partition coefficient (Wildman–Crippen LogP) is 5.05. The van der Waals surface area contributed by atoms with E-state index >= 15 is 0 Å². The van der Waals surface area contributed by atoms with Crippen molar-refractivity contribution in [2.75, 3.05) is 25.5 Å². The summed E-state index contributed by atoms with van der Waals surface area (Å²) in [6.07, 6.45) is 1.03. The molecular formula is C25H29N3O4S2. The summed E-state index contributed by atoms with van der Waals surface area (Å²) in [6, 6.07) is 13.7. The number of hydrogen-bond acceptors (Lipinski definition) is 6. The first-order valence-corrected chi connectivity index (χ1v) is 13.5. The van der Waals surface area contributed by atoms with E-state index in [0.717, 1.165) is 28.3 Å². The van der Waals surface area contributed by atoms with Crippen LogP contribution in [0.25, 0.3) is 11.3 Å². The number of aryl methyl sites for hydroxylation is 1. The number of methoxy groups -OCH3 is 1. The number of carbonyl (C=O) groups excluding carboxylic acids is 1. The monoisotopic (exact) mass is 499 g/mol. The molecule has 1 amide bonds. The van der Waals surface area contributed by atoms with Crippen molar-refractivity contribution < 1.29 is 17.9 Å². The maximum Gasteiger partial charge on any atom is 0.257 e. The molecule has 0 spiro atoms. The van der Waals surface area contributed by atoms with Crippen molar-refractivity contribution in [3.63, 3.8) is 0 Å². The molecule has 2 atom stereocenters. The molecule has 0 saturated carbocycles. The number of nitrogens with zero attached hydrogens (tertiary/aromatic N) is 2. The van der Waals surface area contributed by atoms with Gasteiger partial charge in [0.1, 0.15) is 5.75 Å². The zero-order valence-electron chi connectivity index (χ0n) is 19.7. The van der Waals surface area contributed by atoms with Crippen LogP contribution in [-0.4, -0.2) is 43.8 Å². The number of ether oxygens (including phenoxy) is 1. The second-order valence-corrected chi connectivity index (χ2v) is 12.0. The number of hydrogen-bond donors (Lipinski definition) is 1. The summed E-state index contributed by atoms with van der Waals surface area (Å²) < 4.78 is 32.9. The second kappa shape index (κ2) is 9.85. The van der Waals surface area contributed by atoms with E-state index in [1.807, 2.05) is 31.2 Å². The van der Waals surface area contributed by atoms with Gasteiger partial charge in [-0.15, -0.1) is 11.3 Å². The van der Waals surface area contributed by atoms with Gasteiger partial charge in [-0.05, 0) is 73.7 Å². The number of piperidine rings is 1. The Labute approximate surface area is 204 Å². The molecule has 1 N–H and O–H groups in total. The molecule has 2 heterocycles. The molecule has 3 aromatic rings. The Morgan fingerprint density at radius 2 is 1.68 bits per heavy atom. The first kappa shape index (κ1) is 24.4. The fourth-order valence-corrected chi connectivity index (χ4v) is 6.88. The molecule has 2 unspecified atom stereocenters. The molecule has 0 bridgehead atoms. The molecule has 0 radical (unpaired) electrons. The molecular weight excluding hydrogens is 470 g/mol. The van der Waals surface area contributed by atoms with Crippen LogP contribution in [0.4, 0.5) is 5.13 Å². The van der Waals surface area contributed by atoms with Crippen LogP contribution in [0.5, 0.6) is 5.75 Å². The fourth-order valence-electron chi connectivity index (χ4n) is 4.37. The number of aromatic nitrogens is 1. The maximum absolute atomic E-state index is 13.1. The van der Waals surface area contributed by atoms with E-state index < -0.39 is 10.0 Å². The highest BCUT2D eigenvalue weighted by Crippen LogP contribution is 2.32. The van der Waals surface area contributed by atoms with Crippen LogP contribution in [0.2, 0.25) is 0 Å². The van der Waals surface area contributed by atoms with Gasteiger partial charge in [-0.3, -0.25) is 10.1 Å².